The maximum absolute atomic E-state index is 12.6. The molecule has 0 unspecified atom stereocenters. The Hall–Kier alpha value is -2.31. The Morgan fingerprint density at radius 2 is 2.05 bits per heavy atom. The first-order valence-electron chi connectivity index (χ1n) is 5.84. The first-order chi connectivity index (χ1) is 9.38. The fourth-order valence-corrected chi connectivity index (χ4v) is 1.56. The van der Waals surface area contributed by atoms with Crippen molar-refractivity contribution in [2.45, 2.75) is 19.5 Å². The Labute approximate surface area is 112 Å². The van der Waals surface area contributed by atoms with E-state index in [0.717, 1.165) is 18.2 Å². The highest BCUT2D eigenvalue weighted by atomic mass is 19.4. The highest BCUT2D eigenvalue weighted by Gasteiger charge is 2.30. The van der Waals surface area contributed by atoms with Gasteiger partial charge in [0.25, 0.3) is 5.56 Å². The van der Waals surface area contributed by atoms with Crippen molar-refractivity contribution in [1.82, 2.24) is 9.97 Å². The van der Waals surface area contributed by atoms with E-state index in [1.54, 1.807) is 6.92 Å². The number of alkyl halides is 3. The van der Waals surface area contributed by atoms with E-state index in [4.69, 9.17) is 4.74 Å². The van der Waals surface area contributed by atoms with Crippen LogP contribution in [0, 0.1) is 0 Å². The van der Waals surface area contributed by atoms with Crippen molar-refractivity contribution in [2.75, 3.05) is 0 Å². The molecule has 1 N–H and O–H groups in total. The standard InChI is InChI=1S/C13H11F3N2O2/c1-2-10-17-11(19)7-12(18-10)20-9-5-3-4-8(6-9)13(14,15)16/h3-7H,2H2,1H3,(H,17,18,19). The van der Waals surface area contributed by atoms with Gasteiger partial charge in [-0.15, -0.1) is 0 Å². The minimum Gasteiger partial charge on any atom is -0.439 e. The average Bonchev–Trinajstić information content (AvgIpc) is 2.37. The minimum atomic E-state index is -4.45. The van der Waals surface area contributed by atoms with E-state index in [1.165, 1.54) is 12.1 Å². The van der Waals surface area contributed by atoms with Crippen LogP contribution >= 0.6 is 0 Å². The van der Waals surface area contributed by atoms with E-state index in [0.29, 0.717) is 12.2 Å². The summed E-state index contributed by atoms with van der Waals surface area (Å²) >= 11 is 0. The number of aromatic nitrogens is 2. The lowest BCUT2D eigenvalue weighted by Gasteiger charge is -2.09. The predicted octanol–water partition coefficient (Wildman–Crippen LogP) is 3.14. The van der Waals surface area contributed by atoms with Crippen LogP contribution in [0.4, 0.5) is 13.2 Å². The summed E-state index contributed by atoms with van der Waals surface area (Å²) in [5, 5.41) is 0. The molecule has 0 bridgehead atoms. The van der Waals surface area contributed by atoms with Crippen molar-refractivity contribution in [3.8, 4) is 11.6 Å². The molecular formula is C13H11F3N2O2. The fraction of sp³-hybridized carbons (Fsp3) is 0.231. The Kier molecular flexibility index (Phi) is 3.78. The van der Waals surface area contributed by atoms with Crippen LogP contribution in [0.5, 0.6) is 11.6 Å². The summed E-state index contributed by atoms with van der Waals surface area (Å²) in [7, 11) is 0. The number of aromatic amines is 1. The van der Waals surface area contributed by atoms with Gasteiger partial charge in [0.2, 0.25) is 5.88 Å². The number of nitrogens with one attached hydrogen (secondary N) is 1. The summed E-state index contributed by atoms with van der Waals surface area (Å²) in [6.07, 6.45) is -3.97. The van der Waals surface area contributed by atoms with Gasteiger partial charge in [0.15, 0.2) is 0 Å². The molecule has 0 fully saturated rings. The molecule has 0 atom stereocenters. The van der Waals surface area contributed by atoms with Crippen molar-refractivity contribution in [3.05, 3.63) is 52.1 Å². The van der Waals surface area contributed by atoms with Gasteiger partial charge in [-0.1, -0.05) is 13.0 Å². The number of halogens is 3. The van der Waals surface area contributed by atoms with Crippen molar-refractivity contribution in [2.24, 2.45) is 0 Å². The topological polar surface area (TPSA) is 55.0 Å². The smallest absolute Gasteiger partial charge is 0.416 e. The van der Waals surface area contributed by atoms with E-state index < -0.39 is 17.3 Å². The maximum atomic E-state index is 12.6. The van der Waals surface area contributed by atoms with E-state index in [2.05, 4.69) is 9.97 Å². The molecule has 0 saturated heterocycles. The SMILES string of the molecule is CCc1nc(Oc2cccc(C(F)(F)F)c2)cc(=O)[nH]1. The number of nitrogens with zero attached hydrogens (tertiary/aromatic N) is 1. The average molecular weight is 284 g/mol. The van der Waals surface area contributed by atoms with E-state index in [1.807, 2.05) is 0 Å². The van der Waals surface area contributed by atoms with Crippen LogP contribution in [-0.4, -0.2) is 9.97 Å². The summed E-state index contributed by atoms with van der Waals surface area (Å²) in [6.45, 7) is 1.78. The third kappa shape index (κ3) is 3.37. The number of ether oxygens (including phenoxy) is 1. The van der Waals surface area contributed by atoms with Crippen LogP contribution < -0.4 is 10.3 Å². The van der Waals surface area contributed by atoms with Gasteiger partial charge in [0.05, 0.1) is 11.6 Å². The summed E-state index contributed by atoms with van der Waals surface area (Å²) in [6, 6.07) is 5.47. The van der Waals surface area contributed by atoms with E-state index >= 15 is 0 Å². The Morgan fingerprint density at radius 3 is 2.70 bits per heavy atom. The van der Waals surface area contributed by atoms with Crippen LogP contribution in [0.2, 0.25) is 0 Å². The number of H-pyrrole nitrogens is 1. The van der Waals surface area contributed by atoms with Gasteiger partial charge in [0, 0.05) is 6.42 Å². The third-order valence-corrected chi connectivity index (χ3v) is 2.49. The summed E-state index contributed by atoms with van der Waals surface area (Å²) in [5.41, 5.74) is -1.24. The number of aryl methyl sites for hydroxylation is 1. The van der Waals surface area contributed by atoms with E-state index in [-0.39, 0.29) is 11.6 Å². The molecule has 0 aliphatic rings. The third-order valence-electron chi connectivity index (χ3n) is 2.49. The summed E-state index contributed by atoms with van der Waals surface area (Å²) in [5.74, 6) is 0.337. The van der Waals surface area contributed by atoms with Crippen molar-refractivity contribution >= 4 is 0 Å². The molecule has 0 radical (unpaired) electrons. The molecule has 1 aromatic carbocycles. The molecule has 0 aliphatic heterocycles. The predicted molar refractivity (Wildman–Crippen MR) is 65.8 cm³/mol. The largest absolute Gasteiger partial charge is 0.439 e. The Bertz CT molecular complexity index is 665. The summed E-state index contributed by atoms with van der Waals surface area (Å²) in [4.78, 5) is 17.8. The first-order valence-corrected chi connectivity index (χ1v) is 5.84. The van der Waals surface area contributed by atoms with Gasteiger partial charge >= 0.3 is 6.18 Å². The van der Waals surface area contributed by atoms with Gasteiger partial charge in [-0.2, -0.15) is 18.2 Å². The molecule has 2 rings (SSSR count). The lowest BCUT2D eigenvalue weighted by Crippen LogP contribution is -2.10. The zero-order chi connectivity index (χ0) is 14.8. The monoisotopic (exact) mass is 284 g/mol. The number of benzene rings is 1. The number of rotatable bonds is 3. The lowest BCUT2D eigenvalue weighted by atomic mass is 10.2. The first kappa shape index (κ1) is 14.1. The van der Waals surface area contributed by atoms with Gasteiger partial charge in [-0.05, 0) is 18.2 Å². The van der Waals surface area contributed by atoms with Crippen LogP contribution in [0.25, 0.3) is 0 Å². The molecule has 20 heavy (non-hydrogen) atoms. The quantitative estimate of drug-likeness (QED) is 0.942. The minimum absolute atomic E-state index is 0.0278. The van der Waals surface area contributed by atoms with Crippen molar-refractivity contribution < 1.29 is 17.9 Å². The Morgan fingerprint density at radius 1 is 1.30 bits per heavy atom. The molecule has 1 aromatic heterocycles. The van der Waals surface area contributed by atoms with Gasteiger partial charge in [0.1, 0.15) is 11.6 Å². The molecule has 106 valence electrons. The fourth-order valence-electron chi connectivity index (χ4n) is 1.56. The molecule has 0 amide bonds. The van der Waals surface area contributed by atoms with Gasteiger partial charge < -0.3 is 9.72 Å². The van der Waals surface area contributed by atoms with Crippen molar-refractivity contribution in [3.63, 3.8) is 0 Å². The second-order valence-corrected chi connectivity index (χ2v) is 4.01. The maximum Gasteiger partial charge on any atom is 0.416 e. The van der Waals surface area contributed by atoms with Crippen LogP contribution in [0.3, 0.4) is 0 Å². The van der Waals surface area contributed by atoms with Crippen molar-refractivity contribution in [1.29, 1.82) is 0 Å². The molecule has 0 saturated carbocycles. The lowest BCUT2D eigenvalue weighted by molar-refractivity contribution is -0.137. The zero-order valence-corrected chi connectivity index (χ0v) is 10.5. The van der Waals surface area contributed by atoms with Crippen LogP contribution in [0.1, 0.15) is 18.3 Å². The highest BCUT2D eigenvalue weighted by molar-refractivity contribution is 5.32. The van der Waals surface area contributed by atoms with Gasteiger partial charge in [-0.3, -0.25) is 4.79 Å². The van der Waals surface area contributed by atoms with Crippen LogP contribution in [-0.2, 0) is 12.6 Å². The second-order valence-electron chi connectivity index (χ2n) is 4.01. The molecular weight excluding hydrogens is 273 g/mol. The molecule has 0 aliphatic carbocycles. The van der Waals surface area contributed by atoms with Gasteiger partial charge in [-0.25, -0.2) is 0 Å². The molecule has 0 spiro atoms. The normalized spacial score (nSPS) is 11.4. The Balaban J connectivity index is 2.31. The molecule has 4 nitrogen and oxygen atoms in total. The number of hydrogen-bond donors (Lipinski definition) is 1. The highest BCUT2D eigenvalue weighted by Crippen LogP contribution is 2.32. The van der Waals surface area contributed by atoms with E-state index in [9.17, 15) is 18.0 Å². The molecule has 1 heterocycles. The molecule has 7 heteroatoms. The molecule has 2 aromatic rings. The van der Waals surface area contributed by atoms with Crippen LogP contribution in [0.15, 0.2) is 35.1 Å². The summed E-state index contributed by atoms with van der Waals surface area (Å²) < 4.78 is 42.9. The second kappa shape index (κ2) is 5.36. The zero-order valence-electron chi connectivity index (χ0n) is 10.5. The number of hydrogen-bond acceptors (Lipinski definition) is 3.